The average Bonchev–Trinajstić information content (AvgIpc) is 3.23. The Bertz CT molecular complexity index is 1190. The molecule has 0 radical (unpaired) electrons. The number of ether oxygens (including phenoxy) is 1. The van der Waals surface area contributed by atoms with Crippen molar-refractivity contribution >= 4 is 5.91 Å². The monoisotopic (exact) mass is 514 g/mol. The van der Waals surface area contributed by atoms with Crippen molar-refractivity contribution in [1.82, 2.24) is 14.5 Å². The Labute approximate surface area is 216 Å². The molecule has 0 bridgehead atoms. The zero-order valence-electron chi connectivity index (χ0n) is 21.8. The van der Waals surface area contributed by atoms with Crippen molar-refractivity contribution in [3.8, 4) is 11.3 Å². The second-order valence-electron chi connectivity index (χ2n) is 10.3. The molecule has 2 atom stereocenters. The van der Waals surface area contributed by atoms with Gasteiger partial charge in [0.05, 0.1) is 18.3 Å². The van der Waals surface area contributed by atoms with Gasteiger partial charge in [-0.1, -0.05) is 45.0 Å². The van der Waals surface area contributed by atoms with Crippen LogP contribution in [0.15, 0.2) is 54.7 Å². The maximum Gasteiger partial charge on any atom is 0.249 e. The molecule has 0 aliphatic heterocycles. The highest BCUT2D eigenvalue weighted by molar-refractivity contribution is 5.78. The number of aromatic nitrogens is 2. The topological polar surface area (TPSA) is 93.6 Å². The number of amides is 1. The third kappa shape index (κ3) is 7.44. The number of carbonyl (C=O) groups excluding carboxylic acids is 1. The lowest BCUT2D eigenvalue weighted by atomic mass is 9.84. The van der Waals surface area contributed by atoms with E-state index in [4.69, 9.17) is 15.5 Å². The smallest absolute Gasteiger partial charge is 0.249 e. The maximum absolute atomic E-state index is 14.1. The van der Waals surface area contributed by atoms with E-state index >= 15 is 0 Å². The first-order valence-electron chi connectivity index (χ1n) is 12.3. The van der Waals surface area contributed by atoms with Gasteiger partial charge in [-0.3, -0.25) is 4.79 Å². The van der Waals surface area contributed by atoms with Crippen LogP contribution in [0.25, 0.3) is 11.3 Å². The predicted molar refractivity (Wildman–Crippen MR) is 139 cm³/mol. The zero-order valence-corrected chi connectivity index (χ0v) is 21.8. The van der Waals surface area contributed by atoms with E-state index in [-0.39, 0.29) is 37.3 Å². The molecule has 0 saturated carbocycles. The number of nitrogens with two attached hydrogens (primary N) is 1. The van der Waals surface area contributed by atoms with Crippen molar-refractivity contribution < 1.29 is 23.4 Å². The van der Waals surface area contributed by atoms with Crippen molar-refractivity contribution in [2.45, 2.75) is 45.8 Å². The van der Waals surface area contributed by atoms with Crippen LogP contribution in [0.5, 0.6) is 0 Å². The van der Waals surface area contributed by atoms with Crippen LogP contribution in [-0.4, -0.2) is 58.4 Å². The number of halogens is 2. The maximum atomic E-state index is 14.1. The minimum absolute atomic E-state index is 0.137. The summed E-state index contributed by atoms with van der Waals surface area (Å²) in [5, 5.41) is 9.46. The predicted octanol–water partition coefficient (Wildman–Crippen LogP) is 4.15. The molecule has 3 aromatic rings. The van der Waals surface area contributed by atoms with Gasteiger partial charge in [-0.05, 0) is 41.7 Å². The number of benzene rings is 2. The van der Waals surface area contributed by atoms with Crippen LogP contribution in [0.4, 0.5) is 8.78 Å². The van der Waals surface area contributed by atoms with E-state index < -0.39 is 17.5 Å². The number of nitrogens with zero attached hydrogens (tertiary/aromatic N) is 3. The number of hydrogen-bond acceptors (Lipinski definition) is 5. The van der Waals surface area contributed by atoms with Gasteiger partial charge in [0.15, 0.2) is 0 Å². The van der Waals surface area contributed by atoms with E-state index in [9.17, 15) is 18.7 Å². The number of aliphatic hydroxyl groups excluding tert-OH is 1. The van der Waals surface area contributed by atoms with Gasteiger partial charge in [0, 0.05) is 38.0 Å². The molecule has 3 N–H and O–H groups in total. The van der Waals surface area contributed by atoms with E-state index in [0.717, 1.165) is 0 Å². The summed E-state index contributed by atoms with van der Waals surface area (Å²) in [6, 6.07) is 11.4. The number of methoxy groups -OCH3 is 1. The summed E-state index contributed by atoms with van der Waals surface area (Å²) in [7, 11) is 1.45. The van der Waals surface area contributed by atoms with Crippen LogP contribution < -0.4 is 5.73 Å². The first kappa shape index (κ1) is 28.4. The van der Waals surface area contributed by atoms with E-state index in [1.807, 2.05) is 31.4 Å². The fourth-order valence-electron chi connectivity index (χ4n) is 4.39. The molecule has 1 heterocycles. The Morgan fingerprint density at radius 2 is 1.84 bits per heavy atom. The molecule has 0 aliphatic carbocycles. The Hall–Kier alpha value is -3.14. The molecule has 37 heavy (non-hydrogen) atoms. The molecule has 1 amide bonds. The van der Waals surface area contributed by atoms with Crippen molar-refractivity contribution in [3.05, 3.63) is 77.8 Å². The molecule has 3 rings (SSSR count). The molecule has 2 unspecified atom stereocenters. The van der Waals surface area contributed by atoms with Crippen molar-refractivity contribution in [2.24, 2.45) is 11.1 Å². The normalized spacial score (nSPS) is 13.4. The molecule has 1 aromatic heterocycles. The van der Waals surface area contributed by atoms with Crippen molar-refractivity contribution in [1.29, 1.82) is 0 Å². The van der Waals surface area contributed by atoms with Crippen LogP contribution in [0.3, 0.4) is 0 Å². The molecule has 0 saturated heterocycles. The fourth-order valence-corrected chi connectivity index (χ4v) is 4.39. The summed E-state index contributed by atoms with van der Waals surface area (Å²) in [4.78, 5) is 19.9. The molecule has 7 nitrogen and oxygen atoms in total. The minimum atomic E-state index is -0.531. The van der Waals surface area contributed by atoms with E-state index in [2.05, 4.69) is 0 Å². The Kier molecular flexibility index (Phi) is 9.53. The SMILES string of the molecule is COCC(=O)N(CCC(N)CO)C(c1nc(-c2cccc(F)c2)cn1Cc1cccc(F)c1)C(C)(C)C. The molecule has 2 aromatic carbocycles. The molecule has 0 spiro atoms. The third-order valence-electron chi connectivity index (χ3n) is 6.11. The van der Waals surface area contributed by atoms with Gasteiger partial charge in [-0.15, -0.1) is 0 Å². The lowest BCUT2D eigenvalue weighted by Gasteiger charge is -2.40. The van der Waals surface area contributed by atoms with Gasteiger partial charge in [0.2, 0.25) is 5.91 Å². The van der Waals surface area contributed by atoms with Gasteiger partial charge in [-0.25, -0.2) is 13.8 Å². The van der Waals surface area contributed by atoms with Crippen LogP contribution in [0.1, 0.15) is 44.6 Å². The highest BCUT2D eigenvalue weighted by atomic mass is 19.1. The van der Waals surface area contributed by atoms with Crippen molar-refractivity contribution in [2.75, 3.05) is 26.9 Å². The van der Waals surface area contributed by atoms with E-state index in [1.165, 1.54) is 31.4 Å². The summed E-state index contributed by atoms with van der Waals surface area (Å²) in [6.45, 7) is 6.23. The first-order valence-corrected chi connectivity index (χ1v) is 12.3. The van der Waals surface area contributed by atoms with Crippen LogP contribution in [0.2, 0.25) is 0 Å². The van der Waals surface area contributed by atoms with Gasteiger partial charge < -0.3 is 25.0 Å². The largest absolute Gasteiger partial charge is 0.395 e. The molecule has 9 heteroatoms. The minimum Gasteiger partial charge on any atom is -0.395 e. The first-order chi connectivity index (χ1) is 17.5. The summed E-state index contributed by atoms with van der Waals surface area (Å²) < 4.78 is 35.1. The second-order valence-corrected chi connectivity index (χ2v) is 10.3. The van der Waals surface area contributed by atoms with Gasteiger partial charge >= 0.3 is 0 Å². The Morgan fingerprint density at radius 1 is 1.16 bits per heavy atom. The molecule has 200 valence electrons. The fraction of sp³-hybridized carbons (Fsp3) is 0.429. The van der Waals surface area contributed by atoms with Gasteiger partial charge in [0.25, 0.3) is 0 Å². The van der Waals surface area contributed by atoms with Crippen LogP contribution in [-0.2, 0) is 16.1 Å². The highest BCUT2D eigenvalue weighted by Crippen LogP contribution is 2.39. The number of carbonyl (C=O) groups is 1. The summed E-state index contributed by atoms with van der Waals surface area (Å²) in [5.74, 6) is -0.425. The van der Waals surface area contributed by atoms with Gasteiger partial charge in [0.1, 0.15) is 24.1 Å². The number of rotatable bonds is 11. The summed E-state index contributed by atoms with van der Waals surface area (Å²) in [5.41, 5.74) is 7.32. The highest BCUT2D eigenvalue weighted by Gasteiger charge is 2.38. The summed E-state index contributed by atoms with van der Waals surface area (Å²) in [6.07, 6.45) is 2.17. The van der Waals surface area contributed by atoms with Gasteiger partial charge in [-0.2, -0.15) is 0 Å². The summed E-state index contributed by atoms with van der Waals surface area (Å²) >= 11 is 0. The molecular weight excluding hydrogens is 478 g/mol. The third-order valence-corrected chi connectivity index (χ3v) is 6.11. The van der Waals surface area contributed by atoms with E-state index in [1.54, 1.807) is 29.3 Å². The lowest BCUT2D eigenvalue weighted by molar-refractivity contribution is -0.140. The average molecular weight is 515 g/mol. The Balaban J connectivity index is 2.17. The number of aliphatic hydroxyl groups is 1. The van der Waals surface area contributed by atoms with Crippen molar-refractivity contribution in [3.63, 3.8) is 0 Å². The Morgan fingerprint density at radius 3 is 2.43 bits per heavy atom. The molecular formula is C28H36F2N4O3. The van der Waals surface area contributed by atoms with Crippen LogP contribution in [0, 0.1) is 17.0 Å². The quantitative estimate of drug-likeness (QED) is 0.401. The lowest BCUT2D eigenvalue weighted by Crippen LogP contribution is -2.46. The van der Waals surface area contributed by atoms with E-state index in [0.29, 0.717) is 35.6 Å². The second kappa shape index (κ2) is 12.4. The number of imidazole rings is 1. The standard InChI is InChI=1S/C28H36F2N4O3/c1-28(2,3)26(34(25(36)18-37-4)12-11-23(31)17-35)27-32-24(20-8-6-10-22(30)14-20)16-33(27)15-19-7-5-9-21(29)13-19/h5-10,13-14,16,23,26,35H,11-12,15,17-18,31H2,1-4H3. The van der Waals surface area contributed by atoms with Crippen LogP contribution >= 0.6 is 0 Å². The molecule has 0 fully saturated rings. The molecule has 0 aliphatic rings. The zero-order chi connectivity index (χ0) is 27.2. The number of hydrogen-bond donors (Lipinski definition) is 2.